The van der Waals surface area contributed by atoms with E-state index in [1.54, 1.807) is 22.8 Å². The molecule has 2 aliphatic heterocycles. The molecular formula is C36H38FN9O5S. The molecule has 1 N–H and O–H groups in total. The molecular weight excluding hydrogens is 690 g/mol. The number of piperazine rings is 2. The molecule has 2 aromatic heterocycles. The zero-order chi connectivity index (χ0) is 36.5. The topological polar surface area (TPSA) is 138 Å². The van der Waals surface area contributed by atoms with Gasteiger partial charge in [0.05, 0.1) is 29.3 Å². The maximum absolute atomic E-state index is 15.5. The van der Waals surface area contributed by atoms with E-state index < -0.39 is 22.1 Å². The summed E-state index contributed by atoms with van der Waals surface area (Å²) in [4.78, 5) is 43.9. The second-order valence-corrected chi connectivity index (χ2v) is 13.3. The van der Waals surface area contributed by atoms with Crippen molar-refractivity contribution in [2.45, 2.75) is 26.7 Å². The number of nitrogens with zero attached hydrogens (tertiary/aromatic N) is 9. The Balaban J connectivity index is 1.05. The first-order chi connectivity index (χ1) is 25.1. The molecule has 5 aromatic rings. The number of nitro benzene ring substituents is 1. The molecule has 7 rings (SSSR count). The Kier molecular flexibility index (Phi) is 9.85. The van der Waals surface area contributed by atoms with Crippen LogP contribution in [0.2, 0.25) is 0 Å². The van der Waals surface area contributed by atoms with Crippen molar-refractivity contribution in [3.63, 3.8) is 0 Å². The molecule has 2 aliphatic rings. The molecule has 3 aromatic carbocycles. The summed E-state index contributed by atoms with van der Waals surface area (Å²) < 4.78 is 21.6. The molecule has 14 nitrogen and oxygen atoms in total. The van der Waals surface area contributed by atoms with Crippen molar-refractivity contribution in [3.8, 4) is 5.69 Å². The van der Waals surface area contributed by atoms with Crippen molar-refractivity contribution in [3.05, 3.63) is 115 Å². The van der Waals surface area contributed by atoms with Gasteiger partial charge in [0.1, 0.15) is 11.4 Å². The van der Waals surface area contributed by atoms with Crippen LogP contribution in [-0.4, -0.2) is 97.1 Å². The quantitative estimate of drug-likeness (QED) is 0.123. The number of para-hydroxylation sites is 1. The number of carboxylic acids is 1. The van der Waals surface area contributed by atoms with Gasteiger partial charge in [0.2, 0.25) is 10.2 Å². The van der Waals surface area contributed by atoms with Crippen molar-refractivity contribution in [2.75, 3.05) is 62.2 Å². The van der Waals surface area contributed by atoms with Gasteiger partial charge in [0, 0.05) is 94.0 Å². The number of nitro groups is 1. The number of aryl methyl sites for hydroxylation is 1. The summed E-state index contributed by atoms with van der Waals surface area (Å²) in [5.74, 6) is -1.08. The van der Waals surface area contributed by atoms with Crippen molar-refractivity contribution >= 4 is 46.2 Å². The van der Waals surface area contributed by atoms with Crippen LogP contribution in [0.25, 0.3) is 16.6 Å². The molecule has 0 atom stereocenters. The minimum atomic E-state index is -1.34. The summed E-state index contributed by atoms with van der Waals surface area (Å²) in [6, 6.07) is 19.4. The molecule has 16 heteroatoms. The molecule has 270 valence electrons. The number of hydrogen-bond donors (Lipinski definition) is 1. The fourth-order valence-corrected chi connectivity index (χ4v) is 7.32. The summed E-state index contributed by atoms with van der Waals surface area (Å²) in [5, 5.41) is 25.6. The number of rotatable bonds is 10. The zero-order valence-electron chi connectivity index (χ0n) is 28.6. The number of hydrogen-bond acceptors (Lipinski definition) is 10. The van der Waals surface area contributed by atoms with Crippen LogP contribution in [0.3, 0.4) is 0 Å². The van der Waals surface area contributed by atoms with Gasteiger partial charge in [-0.2, -0.15) is 5.10 Å². The Morgan fingerprint density at radius 1 is 0.923 bits per heavy atom. The molecule has 2 fully saturated rings. The van der Waals surface area contributed by atoms with Crippen LogP contribution in [-0.2, 0) is 19.8 Å². The number of halogens is 1. The highest BCUT2D eigenvalue weighted by molar-refractivity contribution is 7.71. The average molecular weight is 728 g/mol. The Labute approximate surface area is 303 Å². The highest BCUT2D eigenvalue weighted by Gasteiger charge is 2.25. The first-order valence-corrected chi connectivity index (χ1v) is 17.5. The molecule has 0 radical (unpaired) electrons. The molecule has 0 bridgehead atoms. The van der Waals surface area contributed by atoms with Gasteiger partial charge in [-0.15, -0.1) is 0 Å². The maximum Gasteiger partial charge on any atom is 0.341 e. The van der Waals surface area contributed by atoms with E-state index in [2.05, 4.69) is 14.7 Å². The van der Waals surface area contributed by atoms with E-state index in [0.29, 0.717) is 61.9 Å². The molecule has 0 unspecified atom stereocenters. The number of fused-ring (bicyclic) bond motifs is 1. The van der Waals surface area contributed by atoms with Gasteiger partial charge in [-0.3, -0.25) is 29.3 Å². The highest BCUT2D eigenvalue weighted by atomic mass is 32.1. The molecule has 52 heavy (non-hydrogen) atoms. The number of aromatic carboxylic acids is 1. The standard InChI is InChI=1S/C36H38FN9O5S/c1-2-41-22-29(35(48)49)34(47)28-20-30(37)32(21-31(28)41)43-18-14-40(15-19-43)24-44-36(52)45(26-6-4-3-5-7-26)33(38-44)23-39-12-16-42(17-13-39)25-8-10-27(11-9-25)46(50)51/h3-11,20-22H,2,12-19,23-24H2,1H3,(H,48,49). The predicted octanol–water partition coefficient (Wildman–Crippen LogP) is 4.59. The third kappa shape index (κ3) is 6.91. The fourth-order valence-electron chi connectivity index (χ4n) is 7.01. The van der Waals surface area contributed by atoms with Gasteiger partial charge in [-0.05, 0) is 55.5 Å². The summed E-state index contributed by atoms with van der Waals surface area (Å²) >= 11 is 6.00. The number of non-ortho nitro benzene ring substituents is 1. The lowest BCUT2D eigenvalue weighted by molar-refractivity contribution is -0.384. The van der Waals surface area contributed by atoms with Gasteiger partial charge in [0.15, 0.2) is 5.82 Å². The number of anilines is 2. The Morgan fingerprint density at radius 2 is 1.58 bits per heavy atom. The SMILES string of the molecule is CCn1cc(C(=O)O)c(=O)c2cc(F)c(N3CCN(Cn4nc(CN5CCN(c6ccc([N+](=O)[O-])cc6)CC5)n(-c5ccccc5)c4=S)CC3)cc21. The molecule has 0 aliphatic carbocycles. The van der Waals surface area contributed by atoms with E-state index in [-0.39, 0.29) is 16.6 Å². The summed E-state index contributed by atoms with van der Waals surface area (Å²) in [6.45, 7) is 8.73. The van der Waals surface area contributed by atoms with E-state index in [9.17, 15) is 24.8 Å². The fraction of sp³-hybridized carbons (Fsp3) is 0.333. The second-order valence-electron chi connectivity index (χ2n) is 12.9. The normalized spacial score (nSPS) is 15.7. The predicted molar refractivity (Wildman–Crippen MR) is 198 cm³/mol. The third-order valence-corrected chi connectivity index (χ3v) is 10.2. The largest absolute Gasteiger partial charge is 0.477 e. The van der Waals surface area contributed by atoms with Gasteiger partial charge in [0.25, 0.3) is 5.69 Å². The lowest BCUT2D eigenvalue weighted by Gasteiger charge is -2.36. The van der Waals surface area contributed by atoms with Crippen LogP contribution in [0, 0.1) is 20.7 Å². The molecule has 0 spiro atoms. The van der Waals surface area contributed by atoms with Crippen LogP contribution in [0.5, 0.6) is 0 Å². The third-order valence-electron chi connectivity index (χ3n) is 9.85. The average Bonchev–Trinajstić information content (AvgIpc) is 3.45. The lowest BCUT2D eigenvalue weighted by Crippen LogP contribution is -2.47. The zero-order valence-corrected chi connectivity index (χ0v) is 29.4. The minimum absolute atomic E-state index is 0.0483. The van der Waals surface area contributed by atoms with E-state index in [1.165, 1.54) is 18.3 Å². The summed E-state index contributed by atoms with van der Waals surface area (Å²) in [6.07, 6.45) is 1.32. The van der Waals surface area contributed by atoms with E-state index in [4.69, 9.17) is 17.3 Å². The van der Waals surface area contributed by atoms with E-state index >= 15 is 4.39 Å². The van der Waals surface area contributed by atoms with Crippen LogP contribution in [0.1, 0.15) is 23.1 Å². The Hall–Kier alpha value is -5.45. The van der Waals surface area contributed by atoms with Gasteiger partial charge < -0.3 is 19.5 Å². The molecule has 4 heterocycles. The van der Waals surface area contributed by atoms with Crippen molar-refractivity contribution < 1.29 is 19.2 Å². The molecule has 0 amide bonds. The minimum Gasteiger partial charge on any atom is -0.477 e. The monoisotopic (exact) mass is 727 g/mol. The number of benzene rings is 3. The number of pyridine rings is 1. The van der Waals surface area contributed by atoms with E-state index in [0.717, 1.165) is 49.4 Å². The van der Waals surface area contributed by atoms with Crippen molar-refractivity contribution in [1.82, 2.24) is 28.7 Å². The first kappa shape index (κ1) is 35.0. The summed E-state index contributed by atoms with van der Waals surface area (Å²) in [7, 11) is 0. The van der Waals surface area contributed by atoms with Crippen molar-refractivity contribution in [2.24, 2.45) is 0 Å². The van der Waals surface area contributed by atoms with Crippen LogP contribution in [0.4, 0.5) is 21.5 Å². The maximum atomic E-state index is 15.5. The molecule has 2 saturated heterocycles. The van der Waals surface area contributed by atoms with Gasteiger partial charge >= 0.3 is 5.97 Å². The number of carbonyl (C=O) groups is 1. The smallest absolute Gasteiger partial charge is 0.341 e. The van der Waals surface area contributed by atoms with Crippen molar-refractivity contribution in [1.29, 1.82) is 0 Å². The number of carboxylic acid groups (broad SMARTS) is 1. The second kappa shape index (κ2) is 14.7. The number of aromatic nitrogens is 4. The first-order valence-electron chi connectivity index (χ1n) is 17.1. The van der Waals surface area contributed by atoms with Crippen LogP contribution >= 0.6 is 12.2 Å². The van der Waals surface area contributed by atoms with Crippen LogP contribution < -0.4 is 15.2 Å². The molecule has 0 saturated carbocycles. The highest BCUT2D eigenvalue weighted by Crippen LogP contribution is 2.27. The van der Waals surface area contributed by atoms with E-state index in [1.807, 2.05) is 51.4 Å². The summed E-state index contributed by atoms with van der Waals surface area (Å²) in [5.41, 5.74) is 1.75. The van der Waals surface area contributed by atoms with Crippen LogP contribution in [0.15, 0.2) is 77.7 Å². The Morgan fingerprint density at radius 3 is 2.21 bits per heavy atom. The lowest BCUT2D eigenvalue weighted by atomic mass is 10.1. The van der Waals surface area contributed by atoms with Gasteiger partial charge in [-0.1, -0.05) is 18.2 Å². The van der Waals surface area contributed by atoms with Gasteiger partial charge in [-0.25, -0.2) is 13.9 Å². The Bertz CT molecular complexity index is 2240.